The molecule has 90 valence electrons. The Labute approximate surface area is 98.6 Å². The zero-order valence-electron chi connectivity index (χ0n) is 9.76. The van der Waals surface area contributed by atoms with Crippen molar-refractivity contribution in [2.45, 2.75) is 19.5 Å². The molecule has 6 heteroatoms. The largest absolute Gasteiger partial charge is 0.303 e. The summed E-state index contributed by atoms with van der Waals surface area (Å²) < 4.78 is 12.8. The highest BCUT2D eigenvalue weighted by molar-refractivity contribution is 5.19. The highest BCUT2D eigenvalue weighted by atomic mass is 19.1. The Balaban J connectivity index is 1.93. The van der Waals surface area contributed by atoms with Gasteiger partial charge in [-0.3, -0.25) is 0 Å². The Morgan fingerprint density at radius 3 is 2.65 bits per heavy atom. The molecule has 0 aliphatic carbocycles. The van der Waals surface area contributed by atoms with Gasteiger partial charge in [0, 0.05) is 6.04 Å². The van der Waals surface area contributed by atoms with Gasteiger partial charge in [-0.1, -0.05) is 12.1 Å². The van der Waals surface area contributed by atoms with E-state index in [2.05, 4.69) is 20.7 Å². The molecule has 0 unspecified atom stereocenters. The summed E-state index contributed by atoms with van der Waals surface area (Å²) in [5.41, 5.74) is 1.02. The van der Waals surface area contributed by atoms with Crippen LogP contribution >= 0.6 is 0 Å². The van der Waals surface area contributed by atoms with E-state index in [4.69, 9.17) is 0 Å². The summed E-state index contributed by atoms with van der Waals surface area (Å²) in [5.74, 6) is 0.415. The van der Waals surface area contributed by atoms with E-state index in [9.17, 15) is 4.39 Å². The fourth-order valence-electron chi connectivity index (χ4n) is 1.51. The van der Waals surface area contributed by atoms with Crippen LogP contribution in [0.2, 0.25) is 0 Å². The van der Waals surface area contributed by atoms with E-state index >= 15 is 0 Å². The predicted molar refractivity (Wildman–Crippen MR) is 60.5 cm³/mol. The Morgan fingerprint density at radius 1 is 1.35 bits per heavy atom. The number of aromatic nitrogens is 4. The Morgan fingerprint density at radius 2 is 2.06 bits per heavy atom. The number of hydrogen-bond donors (Lipinski definition) is 1. The smallest absolute Gasteiger partial charge is 0.188 e. The molecule has 0 radical (unpaired) electrons. The standard InChI is InChI=1S/C11H14FN5/c1-8(9-3-5-10(12)6-4-9)13-7-11-14-16-17(2)15-11/h3-6,8,13H,7H2,1-2H3/t8-/m0/s1. The second-order valence-corrected chi connectivity index (χ2v) is 3.85. The average molecular weight is 235 g/mol. The first kappa shape index (κ1) is 11.7. The zero-order chi connectivity index (χ0) is 12.3. The molecule has 0 spiro atoms. The van der Waals surface area contributed by atoms with Crippen LogP contribution in [-0.4, -0.2) is 20.2 Å². The van der Waals surface area contributed by atoms with E-state index in [1.54, 1.807) is 19.2 Å². The van der Waals surface area contributed by atoms with Gasteiger partial charge >= 0.3 is 0 Å². The number of nitrogens with one attached hydrogen (secondary N) is 1. The van der Waals surface area contributed by atoms with Gasteiger partial charge in [0.05, 0.1) is 13.6 Å². The molecule has 0 saturated carbocycles. The van der Waals surface area contributed by atoms with Crippen molar-refractivity contribution in [1.82, 2.24) is 25.5 Å². The summed E-state index contributed by atoms with van der Waals surface area (Å²) >= 11 is 0. The van der Waals surface area contributed by atoms with Crippen LogP contribution in [0.25, 0.3) is 0 Å². The Kier molecular flexibility index (Phi) is 3.43. The maximum Gasteiger partial charge on any atom is 0.188 e. The van der Waals surface area contributed by atoms with Crippen LogP contribution in [0.1, 0.15) is 24.4 Å². The fraction of sp³-hybridized carbons (Fsp3) is 0.364. The third-order valence-corrected chi connectivity index (χ3v) is 2.49. The monoisotopic (exact) mass is 235 g/mol. The van der Waals surface area contributed by atoms with Crippen molar-refractivity contribution in [2.24, 2.45) is 7.05 Å². The van der Waals surface area contributed by atoms with Crippen molar-refractivity contribution in [3.05, 3.63) is 41.5 Å². The van der Waals surface area contributed by atoms with E-state index in [1.807, 2.05) is 6.92 Å². The number of tetrazole rings is 1. The quantitative estimate of drug-likeness (QED) is 0.865. The highest BCUT2D eigenvalue weighted by Gasteiger charge is 2.07. The van der Waals surface area contributed by atoms with E-state index in [1.165, 1.54) is 16.9 Å². The average Bonchev–Trinajstić information content (AvgIpc) is 2.73. The first-order valence-corrected chi connectivity index (χ1v) is 5.37. The first-order valence-electron chi connectivity index (χ1n) is 5.37. The van der Waals surface area contributed by atoms with Crippen molar-refractivity contribution < 1.29 is 4.39 Å². The van der Waals surface area contributed by atoms with E-state index in [0.717, 1.165) is 5.56 Å². The Bertz CT molecular complexity index is 479. The summed E-state index contributed by atoms with van der Waals surface area (Å²) in [6, 6.07) is 6.54. The van der Waals surface area contributed by atoms with E-state index in [-0.39, 0.29) is 11.9 Å². The van der Waals surface area contributed by atoms with Crippen molar-refractivity contribution in [2.75, 3.05) is 0 Å². The Hall–Kier alpha value is -1.82. The lowest BCUT2D eigenvalue weighted by atomic mass is 10.1. The molecule has 1 N–H and O–H groups in total. The van der Waals surface area contributed by atoms with Crippen LogP contribution in [0, 0.1) is 5.82 Å². The number of hydrogen-bond acceptors (Lipinski definition) is 4. The molecule has 0 amide bonds. The first-order chi connectivity index (χ1) is 8.15. The van der Waals surface area contributed by atoms with Crippen molar-refractivity contribution in [3.63, 3.8) is 0 Å². The molecular weight excluding hydrogens is 221 g/mol. The fourth-order valence-corrected chi connectivity index (χ4v) is 1.51. The summed E-state index contributed by atoms with van der Waals surface area (Å²) in [4.78, 5) is 1.42. The SMILES string of the molecule is C[C@H](NCc1nnn(C)n1)c1ccc(F)cc1. The molecule has 2 aromatic rings. The molecule has 1 aromatic carbocycles. The molecule has 0 fully saturated rings. The lowest BCUT2D eigenvalue weighted by Crippen LogP contribution is -2.19. The molecule has 0 aliphatic heterocycles. The highest BCUT2D eigenvalue weighted by Crippen LogP contribution is 2.12. The normalized spacial score (nSPS) is 12.6. The van der Waals surface area contributed by atoms with Gasteiger partial charge in [-0.05, 0) is 29.8 Å². The van der Waals surface area contributed by atoms with Gasteiger partial charge in [-0.2, -0.15) is 4.80 Å². The second-order valence-electron chi connectivity index (χ2n) is 3.85. The number of aryl methyl sites for hydroxylation is 1. The van der Waals surface area contributed by atoms with Gasteiger partial charge in [-0.25, -0.2) is 4.39 Å². The maximum atomic E-state index is 12.8. The molecule has 0 aliphatic rings. The summed E-state index contributed by atoms with van der Waals surface area (Å²) in [6.45, 7) is 2.54. The van der Waals surface area contributed by atoms with Crippen molar-refractivity contribution in [1.29, 1.82) is 0 Å². The van der Waals surface area contributed by atoms with Gasteiger partial charge < -0.3 is 5.32 Å². The predicted octanol–water partition coefficient (Wildman–Crippen LogP) is 1.20. The minimum absolute atomic E-state index is 0.111. The molecular formula is C11H14FN5. The van der Waals surface area contributed by atoms with Crippen LogP contribution in [0.4, 0.5) is 4.39 Å². The maximum absolute atomic E-state index is 12.8. The van der Waals surface area contributed by atoms with E-state index in [0.29, 0.717) is 12.4 Å². The van der Waals surface area contributed by atoms with Crippen LogP contribution in [0.5, 0.6) is 0 Å². The number of nitrogens with zero attached hydrogens (tertiary/aromatic N) is 4. The van der Waals surface area contributed by atoms with Crippen molar-refractivity contribution in [3.8, 4) is 0 Å². The molecule has 2 rings (SSSR count). The van der Waals surface area contributed by atoms with Gasteiger partial charge in [0.25, 0.3) is 0 Å². The van der Waals surface area contributed by atoms with Gasteiger partial charge in [0.2, 0.25) is 0 Å². The third kappa shape index (κ3) is 3.07. The van der Waals surface area contributed by atoms with Gasteiger partial charge in [0.15, 0.2) is 5.82 Å². The van der Waals surface area contributed by atoms with Crippen LogP contribution in [-0.2, 0) is 13.6 Å². The minimum atomic E-state index is -0.225. The second kappa shape index (κ2) is 5.01. The third-order valence-electron chi connectivity index (χ3n) is 2.49. The molecule has 0 saturated heterocycles. The number of rotatable bonds is 4. The van der Waals surface area contributed by atoms with Crippen LogP contribution < -0.4 is 5.32 Å². The summed E-state index contributed by atoms with van der Waals surface area (Å²) in [6.07, 6.45) is 0. The minimum Gasteiger partial charge on any atom is -0.303 e. The molecule has 17 heavy (non-hydrogen) atoms. The molecule has 1 heterocycles. The lowest BCUT2D eigenvalue weighted by molar-refractivity contribution is 0.553. The molecule has 0 bridgehead atoms. The van der Waals surface area contributed by atoms with Crippen LogP contribution in [0.15, 0.2) is 24.3 Å². The topological polar surface area (TPSA) is 55.6 Å². The lowest BCUT2D eigenvalue weighted by Gasteiger charge is -2.12. The molecule has 1 aromatic heterocycles. The van der Waals surface area contributed by atoms with Gasteiger partial charge in [0.1, 0.15) is 5.82 Å². The molecule has 5 nitrogen and oxygen atoms in total. The van der Waals surface area contributed by atoms with Crippen molar-refractivity contribution >= 4 is 0 Å². The van der Waals surface area contributed by atoms with Gasteiger partial charge in [-0.15, -0.1) is 10.2 Å². The summed E-state index contributed by atoms with van der Waals surface area (Å²) in [7, 11) is 1.72. The number of halogens is 1. The summed E-state index contributed by atoms with van der Waals surface area (Å²) in [5, 5.41) is 14.9. The number of benzene rings is 1. The molecule has 1 atom stereocenters. The van der Waals surface area contributed by atoms with Crippen LogP contribution in [0.3, 0.4) is 0 Å². The van der Waals surface area contributed by atoms with E-state index < -0.39 is 0 Å². The zero-order valence-corrected chi connectivity index (χ0v) is 9.76.